The molecule has 10 heteroatoms. The quantitative estimate of drug-likeness (QED) is 0.280. The molecule has 0 radical (unpaired) electrons. The minimum atomic E-state index is -0.807. The lowest BCUT2D eigenvalue weighted by Gasteiger charge is -2.20. The predicted molar refractivity (Wildman–Crippen MR) is 138 cm³/mol. The number of Topliss-reactive ketones (excluding diaryl/α,β-unsaturated/α-hetero) is 1. The summed E-state index contributed by atoms with van der Waals surface area (Å²) in [5, 5.41) is 4.84. The highest BCUT2D eigenvalue weighted by Gasteiger charge is 2.29. The molecule has 2 heterocycles. The normalized spacial score (nSPS) is 12.2. The molecule has 0 aliphatic heterocycles. The standard InChI is InChI=1S/C26H27BrN4O5/c1-25(2,3)35-23(33)30-19-14-18-16(21(27)29-31(18)24(34)36-26(4,5)6)13-17(19)28-22(30)20(32)12-15-10-8-7-9-11-15/h7-11,13-14H,12H2,1-6H3. The summed E-state index contributed by atoms with van der Waals surface area (Å²) in [5.41, 5.74) is 0.328. The van der Waals surface area contributed by atoms with Crippen LogP contribution in [0, 0.1) is 0 Å². The van der Waals surface area contributed by atoms with Crippen LogP contribution in [-0.4, -0.2) is 48.5 Å². The first-order valence-corrected chi connectivity index (χ1v) is 12.2. The maximum Gasteiger partial charge on any atom is 0.435 e. The SMILES string of the molecule is CC(C)(C)OC(=O)n1nc(Br)c2cc3nc(C(=O)Cc4ccccc4)n(C(=O)OC(C)(C)C)c3cc21. The van der Waals surface area contributed by atoms with E-state index in [2.05, 4.69) is 26.0 Å². The Labute approximate surface area is 216 Å². The lowest BCUT2D eigenvalue weighted by Crippen LogP contribution is -2.29. The number of imidazole rings is 1. The zero-order valence-electron chi connectivity index (χ0n) is 21.0. The highest BCUT2D eigenvalue weighted by Crippen LogP contribution is 2.30. The summed E-state index contributed by atoms with van der Waals surface area (Å²) in [6, 6.07) is 12.5. The lowest BCUT2D eigenvalue weighted by atomic mass is 10.1. The average Bonchev–Trinajstić information content (AvgIpc) is 3.28. The number of nitrogens with zero attached hydrogens (tertiary/aromatic N) is 4. The number of hydrogen-bond acceptors (Lipinski definition) is 7. The molecule has 0 aliphatic rings. The van der Waals surface area contributed by atoms with Crippen molar-refractivity contribution in [3.8, 4) is 0 Å². The molecule has 0 bridgehead atoms. The summed E-state index contributed by atoms with van der Waals surface area (Å²) >= 11 is 3.39. The Bertz CT molecular complexity index is 1490. The van der Waals surface area contributed by atoms with E-state index in [4.69, 9.17) is 9.47 Å². The van der Waals surface area contributed by atoms with Crippen LogP contribution in [0.3, 0.4) is 0 Å². The van der Waals surface area contributed by atoms with Gasteiger partial charge >= 0.3 is 12.2 Å². The number of ketones is 1. The first kappa shape index (κ1) is 25.6. The molecule has 0 fully saturated rings. The van der Waals surface area contributed by atoms with E-state index in [1.807, 2.05) is 30.3 Å². The van der Waals surface area contributed by atoms with Crippen molar-refractivity contribution in [3.63, 3.8) is 0 Å². The van der Waals surface area contributed by atoms with E-state index in [1.165, 1.54) is 0 Å². The predicted octanol–water partition coefficient (Wildman–Crippen LogP) is 6.14. The highest BCUT2D eigenvalue weighted by atomic mass is 79.9. The number of halogens is 1. The first-order valence-electron chi connectivity index (χ1n) is 11.4. The van der Waals surface area contributed by atoms with Crippen molar-refractivity contribution in [1.29, 1.82) is 0 Å². The van der Waals surface area contributed by atoms with Gasteiger partial charge in [0.15, 0.2) is 5.82 Å². The van der Waals surface area contributed by atoms with Gasteiger partial charge in [-0.15, -0.1) is 0 Å². The molecule has 36 heavy (non-hydrogen) atoms. The summed E-state index contributed by atoms with van der Waals surface area (Å²) in [7, 11) is 0. The molecular weight excluding hydrogens is 528 g/mol. The number of carbonyl (C=O) groups excluding carboxylic acids is 3. The number of rotatable bonds is 3. The molecule has 2 aromatic carbocycles. The van der Waals surface area contributed by atoms with Crippen molar-refractivity contribution in [1.82, 2.24) is 19.3 Å². The van der Waals surface area contributed by atoms with Gasteiger partial charge in [0.25, 0.3) is 0 Å². The zero-order valence-corrected chi connectivity index (χ0v) is 22.5. The first-order chi connectivity index (χ1) is 16.7. The molecule has 2 aromatic heterocycles. The smallest absolute Gasteiger partial charge is 0.435 e. The van der Waals surface area contributed by atoms with E-state index < -0.39 is 23.4 Å². The second-order valence-electron chi connectivity index (χ2n) is 10.4. The van der Waals surface area contributed by atoms with Gasteiger partial charge in [0, 0.05) is 11.8 Å². The Hall–Kier alpha value is -3.53. The van der Waals surface area contributed by atoms with E-state index in [-0.39, 0.29) is 18.0 Å². The minimum absolute atomic E-state index is 0.0522. The maximum absolute atomic E-state index is 13.3. The van der Waals surface area contributed by atoms with Gasteiger partial charge in [-0.3, -0.25) is 4.79 Å². The molecule has 0 saturated carbocycles. The van der Waals surface area contributed by atoms with Crippen molar-refractivity contribution in [2.45, 2.75) is 59.2 Å². The highest BCUT2D eigenvalue weighted by molar-refractivity contribution is 9.10. The van der Waals surface area contributed by atoms with Crippen molar-refractivity contribution >= 4 is 55.8 Å². The van der Waals surface area contributed by atoms with Gasteiger partial charge in [-0.1, -0.05) is 30.3 Å². The fourth-order valence-electron chi connectivity index (χ4n) is 3.63. The number of benzene rings is 2. The van der Waals surface area contributed by atoms with E-state index in [0.29, 0.717) is 26.5 Å². The third-order valence-electron chi connectivity index (χ3n) is 5.01. The molecule has 0 atom stereocenters. The van der Waals surface area contributed by atoms with Gasteiger partial charge in [-0.25, -0.2) is 19.1 Å². The van der Waals surface area contributed by atoms with Gasteiger partial charge in [0.2, 0.25) is 5.78 Å². The Morgan fingerprint density at radius 1 is 0.889 bits per heavy atom. The monoisotopic (exact) mass is 554 g/mol. The third-order valence-corrected chi connectivity index (χ3v) is 5.60. The second-order valence-corrected chi connectivity index (χ2v) is 11.1. The molecule has 4 rings (SSSR count). The van der Waals surface area contributed by atoms with Crippen LogP contribution in [0.1, 0.15) is 57.7 Å². The van der Waals surface area contributed by atoms with Crippen LogP contribution in [0.25, 0.3) is 21.9 Å². The lowest BCUT2D eigenvalue weighted by molar-refractivity contribution is 0.0517. The van der Waals surface area contributed by atoms with E-state index >= 15 is 0 Å². The fraction of sp³-hybridized carbons (Fsp3) is 0.346. The Morgan fingerprint density at radius 3 is 2.11 bits per heavy atom. The van der Waals surface area contributed by atoms with Crippen molar-refractivity contribution in [3.05, 3.63) is 58.5 Å². The van der Waals surface area contributed by atoms with E-state index in [1.54, 1.807) is 53.7 Å². The maximum atomic E-state index is 13.3. The Kier molecular flexibility index (Phi) is 6.51. The van der Waals surface area contributed by atoms with Crippen LogP contribution in [0.2, 0.25) is 0 Å². The second kappa shape index (κ2) is 9.16. The molecule has 0 amide bonds. The average molecular weight is 555 g/mol. The van der Waals surface area contributed by atoms with Crippen molar-refractivity contribution < 1.29 is 23.9 Å². The van der Waals surface area contributed by atoms with Crippen LogP contribution < -0.4 is 0 Å². The summed E-state index contributed by atoms with van der Waals surface area (Å²) in [5.74, 6) is -0.399. The van der Waals surface area contributed by atoms with Crippen molar-refractivity contribution in [2.24, 2.45) is 0 Å². The molecule has 0 spiro atoms. The Morgan fingerprint density at radius 2 is 1.50 bits per heavy atom. The van der Waals surface area contributed by atoms with Crippen LogP contribution in [0.5, 0.6) is 0 Å². The van der Waals surface area contributed by atoms with Gasteiger partial charge in [0.05, 0.1) is 16.6 Å². The van der Waals surface area contributed by atoms with Gasteiger partial charge in [0.1, 0.15) is 15.8 Å². The molecule has 9 nitrogen and oxygen atoms in total. The Balaban J connectivity index is 1.90. The molecule has 0 unspecified atom stereocenters. The molecule has 188 valence electrons. The molecule has 0 saturated heterocycles. The van der Waals surface area contributed by atoms with Crippen LogP contribution in [-0.2, 0) is 15.9 Å². The van der Waals surface area contributed by atoms with Gasteiger partial charge in [-0.05, 0) is 75.2 Å². The van der Waals surface area contributed by atoms with E-state index in [0.717, 1.165) is 14.8 Å². The third kappa shape index (κ3) is 5.33. The molecule has 0 aliphatic carbocycles. The summed E-state index contributed by atoms with van der Waals surface area (Å²) in [4.78, 5) is 43.9. The largest absolute Gasteiger partial charge is 0.443 e. The summed E-state index contributed by atoms with van der Waals surface area (Å²) < 4.78 is 13.8. The summed E-state index contributed by atoms with van der Waals surface area (Å²) in [6.45, 7) is 10.5. The number of carbonyl (C=O) groups is 3. The zero-order chi connectivity index (χ0) is 26.4. The number of hydrogen-bond donors (Lipinski definition) is 0. The van der Waals surface area contributed by atoms with Gasteiger partial charge in [-0.2, -0.15) is 9.78 Å². The molecule has 4 aromatic rings. The molecular formula is C26H27BrN4O5. The molecule has 0 N–H and O–H groups in total. The summed E-state index contributed by atoms with van der Waals surface area (Å²) in [6.07, 6.45) is -1.37. The van der Waals surface area contributed by atoms with Crippen LogP contribution >= 0.6 is 15.9 Å². The number of fused-ring (bicyclic) bond motifs is 2. The van der Waals surface area contributed by atoms with Crippen LogP contribution in [0.15, 0.2) is 47.1 Å². The van der Waals surface area contributed by atoms with Gasteiger partial charge < -0.3 is 9.47 Å². The topological polar surface area (TPSA) is 105 Å². The van der Waals surface area contributed by atoms with Crippen LogP contribution in [0.4, 0.5) is 9.59 Å². The number of ether oxygens (including phenoxy) is 2. The fourth-order valence-corrected chi connectivity index (χ4v) is 4.11. The number of aromatic nitrogens is 4. The van der Waals surface area contributed by atoms with Crippen molar-refractivity contribution in [2.75, 3.05) is 0 Å². The minimum Gasteiger partial charge on any atom is -0.443 e. The van der Waals surface area contributed by atoms with E-state index in [9.17, 15) is 14.4 Å².